The molecule has 0 aromatic heterocycles. The van der Waals surface area contributed by atoms with E-state index in [0.717, 1.165) is 38.5 Å². The molecule has 11 N–H and O–H groups in total. The summed E-state index contributed by atoms with van der Waals surface area (Å²) in [6.45, 7) is 4.29. The molecule has 1 heterocycles. The van der Waals surface area contributed by atoms with Gasteiger partial charge in [0.25, 0.3) is 5.91 Å². The molecule has 9 unspecified atom stereocenters. The maximum Gasteiger partial charge on any atom is 0.308 e. The largest absolute Gasteiger partial charge is 0.459 e. The Kier molecular flexibility index (Phi) is 24.8. The van der Waals surface area contributed by atoms with Gasteiger partial charge in [0.2, 0.25) is 29.5 Å². The quantitative estimate of drug-likeness (QED) is 0.0541. The van der Waals surface area contributed by atoms with Gasteiger partial charge in [0.05, 0.1) is 31.2 Å². The molecule has 0 radical (unpaired) electrons. The molecule has 61 heavy (non-hydrogen) atoms. The number of carbonyl (C=O) groups is 7. The highest BCUT2D eigenvalue weighted by atomic mass is 16.6. The minimum Gasteiger partial charge on any atom is -0.459 e. The number of benzene rings is 1. The van der Waals surface area contributed by atoms with E-state index in [-0.39, 0.29) is 38.7 Å². The number of hydrogen-bond acceptors (Lipinski definition) is 12. The van der Waals surface area contributed by atoms with Crippen molar-refractivity contribution in [1.82, 2.24) is 26.6 Å². The Balaban J connectivity index is 2.50. The highest BCUT2D eigenvalue weighted by Crippen LogP contribution is 2.24. The maximum atomic E-state index is 14.0. The fourth-order valence-electron chi connectivity index (χ4n) is 7.05. The molecular weight excluding hydrogens is 793 g/mol. The van der Waals surface area contributed by atoms with E-state index in [1.165, 1.54) is 12.8 Å². The van der Waals surface area contributed by atoms with Crippen molar-refractivity contribution in [3.05, 3.63) is 35.9 Å². The van der Waals surface area contributed by atoms with Gasteiger partial charge in [0, 0.05) is 19.4 Å². The lowest BCUT2D eigenvalue weighted by Crippen LogP contribution is -2.59. The first-order valence-corrected chi connectivity index (χ1v) is 21.7. The number of hydrogen-bond donors (Lipinski definition) is 10. The van der Waals surface area contributed by atoms with Crippen molar-refractivity contribution in [3.8, 4) is 0 Å². The highest BCUT2D eigenvalue weighted by molar-refractivity contribution is 5.95. The van der Waals surface area contributed by atoms with E-state index in [1.54, 1.807) is 44.2 Å². The number of aliphatic hydroxyl groups excluding tert-OH is 4. The summed E-state index contributed by atoms with van der Waals surface area (Å²) in [5.74, 6) is -6.82. The SMILES string of the molecule is CCCCCCCCCCC(C)C1OC(=O)CC(c2ccccc2)NC(=O)C(CCC(N)=O)NC(=O)C(CCC(=O)NC(C)C(O)CCCO)NC(=O)C(CO)NC(=O)C1O. The zero-order valence-corrected chi connectivity index (χ0v) is 35.9. The van der Waals surface area contributed by atoms with Crippen LogP contribution >= 0.6 is 0 Å². The average molecular weight is 863 g/mol. The van der Waals surface area contributed by atoms with Gasteiger partial charge in [-0.3, -0.25) is 33.6 Å². The van der Waals surface area contributed by atoms with Crippen molar-refractivity contribution in [2.75, 3.05) is 13.2 Å². The minimum absolute atomic E-state index is 0.154. The second-order valence-electron chi connectivity index (χ2n) is 16.0. The van der Waals surface area contributed by atoms with Crippen LogP contribution in [0.25, 0.3) is 0 Å². The molecule has 0 spiro atoms. The summed E-state index contributed by atoms with van der Waals surface area (Å²) in [6, 6.07) is 1.90. The van der Waals surface area contributed by atoms with Crippen molar-refractivity contribution in [2.24, 2.45) is 11.7 Å². The lowest BCUT2D eigenvalue weighted by molar-refractivity contribution is -0.164. The van der Waals surface area contributed by atoms with Crippen LogP contribution in [0, 0.1) is 5.92 Å². The number of nitrogens with one attached hydrogen (secondary N) is 5. The van der Waals surface area contributed by atoms with E-state index in [4.69, 9.17) is 15.6 Å². The molecule has 344 valence electrons. The van der Waals surface area contributed by atoms with Crippen LogP contribution < -0.4 is 32.3 Å². The molecule has 1 aromatic rings. The lowest BCUT2D eigenvalue weighted by atomic mass is 9.92. The molecule has 18 heteroatoms. The van der Waals surface area contributed by atoms with Crippen LogP contribution in [0.15, 0.2) is 30.3 Å². The highest BCUT2D eigenvalue weighted by Gasteiger charge is 2.38. The zero-order valence-electron chi connectivity index (χ0n) is 35.9. The summed E-state index contributed by atoms with van der Waals surface area (Å²) in [7, 11) is 0. The summed E-state index contributed by atoms with van der Waals surface area (Å²) < 4.78 is 5.82. The smallest absolute Gasteiger partial charge is 0.308 e. The lowest BCUT2D eigenvalue weighted by Gasteiger charge is -2.30. The van der Waals surface area contributed by atoms with Gasteiger partial charge >= 0.3 is 5.97 Å². The number of esters is 1. The Labute approximate surface area is 358 Å². The van der Waals surface area contributed by atoms with Gasteiger partial charge in [-0.05, 0) is 50.5 Å². The molecule has 0 aliphatic carbocycles. The van der Waals surface area contributed by atoms with Gasteiger partial charge in [-0.1, -0.05) is 95.5 Å². The molecule has 0 bridgehead atoms. The van der Waals surface area contributed by atoms with Crippen molar-refractivity contribution in [3.63, 3.8) is 0 Å². The molecule has 18 nitrogen and oxygen atoms in total. The minimum atomic E-state index is -1.99. The van der Waals surface area contributed by atoms with E-state index in [1.807, 2.05) is 0 Å². The maximum absolute atomic E-state index is 14.0. The number of amides is 6. The normalized spacial score (nSPS) is 23.6. The summed E-state index contributed by atoms with van der Waals surface area (Å²) in [5.41, 5.74) is 5.88. The monoisotopic (exact) mass is 863 g/mol. The van der Waals surface area contributed by atoms with Crippen LogP contribution in [0.5, 0.6) is 0 Å². The second kappa shape index (κ2) is 28.8. The van der Waals surface area contributed by atoms with Crippen LogP contribution in [0.3, 0.4) is 0 Å². The summed E-state index contributed by atoms with van der Waals surface area (Å²) in [6.07, 6.45) is 3.06. The van der Waals surface area contributed by atoms with Gasteiger partial charge in [0.1, 0.15) is 24.2 Å². The summed E-state index contributed by atoms with van der Waals surface area (Å²) in [4.78, 5) is 93.6. The molecule has 1 aliphatic rings. The fourth-order valence-corrected chi connectivity index (χ4v) is 7.05. The van der Waals surface area contributed by atoms with Gasteiger partial charge in [0.15, 0.2) is 6.10 Å². The molecule has 1 aromatic carbocycles. The molecule has 9 atom stereocenters. The van der Waals surface area contributed by atoms with Gasteiger partial charge in [-0.15, -0.1) is 0 Å². The van der Waals surface area contributed by atoms with E-state index >= 15 is 0 Å². The Bertz CT molecular complexity index is 1530. The van der Waals surface area contributed by atoms with Crippen molar-refractivity contribution >= 4 is 41.4 Å². The van der Waals surface area contributed by atoms with E-state index in [2.05, 4.69) is 33.5 Å². The zero-order chi connectivity index (χ0) is 45.3. The van der Waals surface area contributed by atoms with Crippen molar-refractivity contribution in [1.29, 1.82) is 0 Å². The van der Waals surface area contributed by atoms with E-state index in [9.17, 15) is 48.9 Å². The molecule has 1 fully saturated rings. The van der Waals surface area contributed by atoms with Crippen LogP contribution in [-0.4, -0.2) is 118 Å². The number of nitrogens with two attached hydrogens (primary N) is 1. The predicted molar refractivity (Wildman–Crippen MR) is 225 cm³/mol. The third kappa shape index (κ3) is 19.7. The Morgan fingerprint density at radius 3 is 1.92 bits per heavy atom. The van der Waals surface area contributed by atoms with Crippen molar-refractivity contribution in [2.45, 2.75) is 172 Å². The molecule has 1 aliphatic heterocycles. The molecule has 0 saturated carbocycles. The first-order chi connectivity index (χ1) is 29.1. The number of primary amides is 1. The van der Waals surface area contributed by atoms with Crippen LogP contribution in [0.1, 0.15) is 135 Å². The number of unbranched alkanes of at least 4 members (excludes halogenated alkanes) is 7. The number of ether oxygens (including phenoxy) is 1. The van der Waals surface area contributed by atoms with Gasteiger partial charge in [-0.2, -0.15) is 0 Å². The third-order valence-electron chi connectivity index (χ3n) is 10.9. The number of aliphatic hydroxyl groups is 4. The number of rotatable bonds is 23. The van der Waals surface area contributed by atoms with Gasteiger partial charge in [-0.25, -0.2) is 0 Å². The Morgan fingerprint density at radius 1 is 0.770 bits per heavy atom. The third-order valence-corrected chi connectivity index (χ3v) is 10.9. The Hall–Kier alpha value is -4.65. The Morgan fingerprint density at radius 2 is 1.33 bits per heavy atom. The number of carbonyl (C=O) groups excluding carboxylic acids is 7. The van der Waals surface area contributed by atoms with Crippen LogP contribution in [-0.2, 0) is 38.3 Å². The molecule has 6 amide bonds. The first kappa shape index (κ1) is 52.5. The average Bonchev–Trinajstić information content (AvgIpc) is 3.23. The number of cyclic esters (lactones) is 1. The molecule has 2 rings (SSSR count). The van der Waals surface area contributed by atoms with Crippen molar-refractivity contribution < 1.29 is 58.7 Å². The molecule has 1 saturated heterocycles. The topological polar surface area (TPSA) is 296 Å². The fraction of sp³-hybridized carbons (Fsp3) is 0.698. The van der Waals surface area contributed by atoms with Gasteiger partial charge < -0.3 is 57.5 Å². The summed E-state index contributed by atoms with van der Waals surface area (Å²) in [5, 5.41) is 53.6. The van der Waals surface area contributed by atoms with Crippen LogP contribution in [0.4, 0.5) is 0 Å². The molecular formula is C43H70N6O12. The van der Waals surface area contributed by atoms with E-state index < -0.39 is 109 Å². The second-order valence-corrected chi connectivity index (χ2v) is 16.0. The van der Waals surface area contributed by atoms with E-state index in [0.29, 0.717) is 18.4 Å². The predicted octanol–water partition coefficient (Wildman–Crippen LogP) is 0.818. The summed E-state index contributed by atoms with van der Waals surface area (Å²) >= 11 is 0. The van der Waals surface area contributed by atoms with Crippen LogP contribution in [0.2, 0.25) is 0 Å². The standard InChI is InChI=1S/C43H70N6O12/c1-4-5-6-7-8-9-10-12-16-27(2)39-38(56)43(60)49-33(26-51)42(59)47-31(21-23-36(54)45-28(3)34(52)19-15-24-50)40(57)46-30(20-22-35(44)53)41(58)48-32(25-37(55)61-39)29-17-13-11-14-18-29/h11,13-14,17-18,27-28,30-34,38-39,50-52,56H,4-10,12,15-16,19-26H2,1-3H3,(H2,44,53)(H,45,54)(H,46,57)(H,47,59)(H,48,58)(H,49,60). The first-order valence-electron chi connectivity index (χ1n) is 21.7.